The van der Waals surface area contributed by atoms with Gasteiger partial charge in [-0.15, -0.1) is 11.8 Å². The lowest BCUT2D eigenvalue weighted by Gasteiger charge is -2.28. The van der Waals surface area contributed by atoms with Crippen LogP contribution in [-0.4, -0.2) is 44.6 Å². The van der Waals surface area contributed by atoms with Crippen LogP contribution in [0, 0.1) is 5.92 Å². The Morgan fingerprint density at radius 2 is 1.96 bits per heavy atom. The maximum atomic E-state index is 12.6. The summed E-state index contributed by atoms with van der Waals surface area (Å²) in [5, 5.41) is 0. The summed E-state index contributed by atoms with van der Waals surface area (Å²) in [5.41, 5.74) is 0.568. The standard InChI is InChI=1S/C15H12O6S2/c1-21-15(18)13(17)9-6-22-14-8-4-2-3-5-11(8)23(19,20)7-10(14)12(9)16/h2-5,9H,6-7H2,1H3/t9-/m1/s1. The molecule has 2 heterocycles. The van der Waals surface area contributed by atoms with Crippen LogP contribution in [0.2, 0.25) is 0 Å². The van der Waals surface area contributed by atoms with Gasteiger partial charge < -0.3 is 4.74 Å². The van der Waals surface area contributed by atoms with E-state index in [9.17, 15) is 22.8 Å². The molecular weight excluding hydrogens is 340 g/mol. The van der Waals surface area contributed by atoms with E-state index < -0.39 is 39.0 Å². The lowest BCUT2D eigenvalue weighted by Crippen LogP contribution is -2.38. The first-order valence-corrected chi connectivity index (χ1v) is 9.35. The Labute approximate surface area is 136 Å². The molecule has 120 valence electrons. The van der Waals surface area contributed by atoms with Gasteiger partial charge in [0.1, 0.15) is 5.92 Å². The summed E-state index contributed by atoms with van der Waals surface area (Å²) in [5.74, 6) is -4.17. The van der Waals surface area contributed by atoms with Crippen LogP contribution in [0.15, 0.2) is 34.7 Å². The van der Waals surface area contributed by atoms with Crippen molar-refractivity contribution in [3.05, 3.63) is 35.4 Å². The highest BCUT2D eigenvalue weighted by molar-refractivity contribution is 8.08. The summed E-state index contributed by atoms with van der Waals surface area (Å²) in [6.07, 6.45) is 0. The molecule has 1 atom stereocenters. The lowest BCUT2D eigenvalue weighted by molar-refractivity contribution is -0.154. The number of benzene rings is 1. The van der Waals surface area contributed by atoms with Crippen molar-refractivity contribution in [1.29, 1.82) is 0 Å². The Bertz CT molecular complexity index is 866. The Morgan fingerprint density at radius 1 is 1.26 bits per heavy atom. The highest BCUT2D eigenvalue weighted by Gasteiger charge is 2.43. The molecule has 1 aromatic rings. The normalized spacial score (nSPS) is 22.1. The first-order valence-electron chi connectivity index (χ1n) is 6.71. The van der Waals surface area contributed by atoms with Crippen LogP contribution in [0.5, 0.6) is 0 Å². The van der Waals surface area contributed by atoms with Crippen LogP contribution < -0.4 is 0 Å². The van der Waals surface area contributed by atoms with Crippen molar-refractivity contribution in [2.75, 3.05) is 18.6 Å². The molecule has 0 fully saturated rings. The van der Waals surface area contributed by atoms with Gasteiger partial charge in [-0.3, -0.25) is 9.59 Å². The minimum Gasteiger partial charge on any atom is -0.463 e. The van der Waals surface area contributed by atoms with Crippen LogP contribution in [0.1, 0.15) is 5.56 Å². The largest absolute Gasteiger partial charge is 0.463 e. The highest BCUT2D eigenvalue weighted by atomic mass is 32.2. The Hall–Kier alpha value is -1.93. The van der Waals surface area contributed by atoms with E-state index in [0.717, 1.165) is 7.11 Å². The summed E-state index contributed by atoms with van der Waals surface area (Å²) in [6, 6.07) is 6.47. The van der Waals surface area contributed by atoms with Crippen molar-refractivity contribution in [2.24, 2.45) is 5.92 Å². The zero-order valence-electron chi connectivity index (χ0n) is 12.1. The number of thioether (sulfide) groups is 1. The number of sulfone groups is 1. The molecule has 0 N–H and O–H groups in total. The molecule has 3 rings (SSSR count). The van der Waals surface area contributed by atoms with Crippen molar-refractivity contribution < 1.29 is 27.5 Å². The number of rotatable bonds is 2. The second kappa shape index (κ2) is 5.61. The van der Waals surface area contributed by atoms with Crippen molar-refractivity contribution in [2.45, 2.75) is 4.90 Å². The zero-order chi connectivity index (χ0) is 16.8. The van der Waals surface area contributed by atoms with E-state index in [0.29, 0.717) is 10.5 Å². The van der Waals surface area contributed by atoms with Gasteiger partial charge in [0.2, 0.25) is 0 Å². The molecular formula is C15H12O6S2. The van der Waals surface area contributed by atoms with E-state index in [2.05, 4.69) is 4.74 Å². The first kappa shape index (κ1) is 15.9. The molecule has 8 heteroatoms. The number of carbonyl (C=O) groups excluding carboxylic acids is 3. The summed E-state index contributed by atoms with van der Waals surface area (Å²) >= 11 is 1.22. The predicted molar refractivity (Wildman–Crippen MR) is 83.4 cm³/mol. The number of hydrogen-bond donors (Lipinski definition) is 0. The highest BCUT2D eigenvalue weighted by Crippen LogP contribution is 2.44. The number of ketones is 2. The number of hydrogen-bond acceptors (Lipinski definition) is 7. The van der Waals surface area contributed by atoms with Crippen LogP contribution in [0.4, 0.5) is 0 Å². The number of ether oxygens (including phenoxy) is 1. The van der Waals surface area contributed by atoms with Gasteiger partial charge in [-0.25, -0.2) is 13.2 Å². The van der Waals surface area contributed by atoms with E-state index in [1.807, 2.05) is 0 Å². The molecule has 0 saturated heterocycles. The second-order valence-corrected chi connectivity index (χ2v) is 8.13. The van der Waals surface area contributed by atoms with Crippen LogP contribution in [0.25, 0.3) is 4.91 Å². The molecule has 0 aromatic heterocycles. The van der Waals surface area contributed by atoms with Crippen molar-refractivity contribution in [1.82, 2.24) is 0 Å². The monoisotopic (exact) mass is 352 g/mol. The number of carbonyl (C=O) groups is 3. The van der Waals surface area contributed by atoms with Gasteiger partial charge in [-0.1, -0.05) is 18.2 Å². The molecule has 0 bridgehead atoms. The van der Waals surface area contributed by atoms with Crippen LogP contribution in [0.3, 0.4) is 0 Å². The average Bonchev–Trinajstić information content (AvgIpc) is 2.54. The molecule has 6 nitrogen and oxygen atoms in total. The number of Topliss-reactive ketones (excluding diaryl/α,β-unsaturated/α-hetero) is 2. The summed E-state index contributed by atoms with van der Waals surface area (Å²) < 4.78 is 29.1. The van der Waals surface area contributed by atoms with Gasteiger partial charge >= 0.3 is 5.97 Å². The smallest absolute Gasteiger partial charge is 0.375 e. The van der Waals surface area contributed by atoms with E-state index in [1.54, 1.807) is 18.2 Å². The fourth-order valence-electron chi connectivity index (χ4n) is 2.66. The fraction of sp³-hybridized carbons (Fsp3) is 0.267. The van der Waals surface area contributed by atoms with Gasteiger partial charge in [0, 0.05) is 21.8 Å². The Balaban J connectivity index is 2.08. The fourth-order valence-corrected chi connectivity index (χ4v) is 5.75. The number of fused-ring (bicyclic) bond motifs is 2. The molecule has 0 aliphatic carbocycles. The lowest BCUT2D eigenvalue weighted by atomic mass is 9.93. The third-order valence-electron chi connectivity index (χ3n) is 3.79. The summed E-state index contributed by atoms with van der Waals surface area (Å²) in [4.78, 5) is 36.6. The van der Waals surface area contributed by atoms with Crippen molar-refractivity contribution >= 4 is 44.0 Å². The molecule has 2 aliphatic rings. The van der Waals surface area contributed by atoms with E-state index >= 15 is 0 Å². The summed E-state index contributed by atoms with van der Waals surface area (Å²) in [6.45, 7) is 0. The quantitative estimate of drug-likeness (QED) is 0.442. The molecule has 0 unspecified atom stereocenters. The molecule has 1 aromatic carbocycles. The van der Waals surface area contributed by atoms with E-state index in [4.69, 9.17) is 0 Å². The van der Waals surface area contributed by atoms with Gasteiger partial charge in [-0.2, -0.15) is 0 Å². The summed E-state index contributed by atoms with van der Waals surface area (Å²) in [7, 11) is -2.58. The van der Waals surface area contributed by atoms with Crippen LogP contribution >= 0.6 is 11.8 Å². The molecule has 0 radical (unpaired) electrons. The maximum absolute atomic E-state index is 12.6. The SMILES string of the molecule is COC(=O)C(=O)[C@@H]1CSC2=C(CS(=O)(=O)c3ccccc32)C1=O. The molecule has 0 saturated carbocycles. The van der Waals surface area contributed by atoms with E-state index in [1.165, 1.54) is 17.8 Å². The average molecular weight is 352 g/mol. The van der Waals surface area contributed by atoms with Gasteiger partial charge in [-0.05, 0) is 6.07 Å². The van der Waals surface area contributed by atoms with Gasteiger partial charge in [0.15, 0.2) is 15.6 Å². The van der Waals surface area contributed by atoms with Gasteiger partial charge in [0.05, 0.1) is 17.8 Å². The second-order valence-electron chi connectivity index (χ2n) is 5.15. The predicted octanol–water partition coefficient (Wildman–Crippen LogP) is 0.859. The third kappa shape index (κ3) is 2.51. The topological polar surface area (TPSA) is 94.6 Å². The van der Waals surface area contributed by atoms with Crippen LogP contribution in [-0.2, 0) is 29.0 Å². The molecule has 0 amide bonds. The maximum Gasteiger partial charge on any atom is 0.375 e. The van der Waals surface area contributed by atoms with Crippen molar-refractivity contribution in [3.8, 4) is 0 Å². The molecule has 23 heavy (non-hydrogen) atoms. The zero-order valence-corrected chi connectivity index (χ0v) is 13.7. The number of esters is 1. The third-order valence-corrected chi connectivity index (χ3v) is 6.74. The van der Waals surface area contributed by atoms with E-state index in [-0.39, 0.29) is 16.2 Å². The first-order chi connectivity index (χ1) is 10.9. The van der Waals surface area contributed by atoms with Crippen molar-refractivity contribution in [3.63, 3.8) is 0 Å². The Kier molecular flexibility index (Phi) is 3.89. The minimum absolute atomic E-state index is 0.0854. The van der Waals surface area contributed by atoms with Gasteiger partial charge in [0.25, 0.3) is 5.78 Å². The Morgan fingerprint density at radius 3 is 2.65 bits per heavy atom. The molecule has 0 spiro atoms. The minimum atomic E-state index is -3.64. The number of methoxy groups -OCH3 is 1. The molecule has 2 aliphatic heterocycles.